The van der Waals surface area contributed by atoms with E-state index in [2.05, 4.69) is 17.3 Å². The van der Waals surface area contributed by atoms with Gasteiger partial charge in [0.05, 0.1) is 0 Å². The zero-order valence-corrected chi connectivity index (χ0v) is 8.39. The lowest BCUT2D eigenvalue weighted by Gasteiger charge is -2.24. The summed E-state index contributed by atoms with van der Waals surface area (Å²) in [6, 6.07) is 10.2. The largest absolute Gasteiger partial charge is 0.467 e. The first kappa shape index (κ1) is 8.77. The molecule has 3 nitrogen and oxygen atoms in total. The molecular weight excluding hydrogens is 190 g/mol. The monoisotopic (exact) mass is 203 g/mol. The van der Waals surface area contributed by atoms with E-state index in [-0.39, 0.29) is 5.60 Å². The summed E-state index contributed by atoms with van der Waals surface area (Å²) in [6.45, 7) is 0. The molecule has 2 unspecified atom stereocenters. The van der Waals surface area contributed by atoms with Crippen LogP contribution >= 0.6 is 0 Å². The van der Waals surface area contributed by atoms with Crippen molar-refractivity contribution in [2.24, 2.45) is 11.1 Å². The molecule has 3 heteroatoms. The number of ether oxygens (including phenoxy) is 1. The van der Waals surface area contributed by atoms with E-state index in [0.29, 0.717) is 11.8 Å². The molecule has 1 aromatic rings. The average molecular weight is 203 g/mol. The highest BCUT2D eigenvalue weighted by Crippen LogP contribution is 2.59. The molecule has 78 valence electrons. The summed E-state index contributed by atoms with van der Waals surface area (Å²) in [7, 11) is 0. The van der Waals surface area contributed by atoms with E-state index in [4.69, 9.17) is 9.94 Å². The van der Waals surface area contributed by atoms with Gasteiger partial charge >= 0.3 is 0 Å². The molecule has 0 spiro atoms. The van der Waals surface area contributed by atoms with Crippen molar-refractivity contribution in [3.05, 3.63) is 35.9 Å². The van der Waals surface area contributed by atoms with Gasteiger partial charge in [0.25, 0.3) is 0 Å². The fourth-order valence-electron chi connectivity index (χ4n) is 2.53. The number of hydrogen-bond acceptors (Lipinski definition) is 3. The van der Waals surface area contributed by atoms with Gasteiger partial charge in [-0.3, -0.25) is 0 Å². The average Bonchev–Trinajstić information content (AvgIpc) is 3.04. The lowest BCUT2D eigenvalue weighted by atomic mass is 10.0. The SMILES string of the molecule is O/N=C1/CCC2CC2(c2ccccc2)O1. The van der Waals surface area contributed by atoms with E-state index < -0.39 is 0 Å². The summed E-state index contributed by atoms with van der Waals surface area (Å²) in [4.78, 5) is 0. The van der Waals surface area contributed by atoms with Crippen molar-refractivity contribution in [3.8, 4) is 0 Å². The Hall–Kier alpha value is -1.51. The van der Waals surface area contributed by atoms with Crippen LogP contribution in [-0.4, -0.2) is 11.1 Å². The van der Waals surface area contributed by atoms with Gasteiger partial charge in [-0.2, -0.15) is 0 Å². The first-order valence-electron chi connectivity index (χ1n) is 5.30. The van der Waals surface area contributed by atoms with Crippen LogP contribution in [0, 0.1) is 5.92 Å². The number of nitrogens with zero attached hydrogens (tertiary/aromatic N) is 1. The fraction of sp³-hybridized carbons (Fsp3) is 0.417. The Balaban J connectivity index is 1.93. The van der Waals surface area contributed by atoms with Crippen LogP contribution in [0.2, 0.25) is 0 Å². The fourth-order valence-corrected chi connectivity index (χ4v) is 2.53. The van der Waals surface area contributed by atoms with Gasteiger partial charge in [0, 0.05) is 12.3 Å². The van der Waals surface area contributed by atoms with Crippen LogP contribution in [0.3, 0.4) is 0 Å². The maximum absolute atomic E-state index is 8.75. The smallest absolute Gasteiger partial charge is 0.226 e. The number of oxime groups is 1. The quantitative estimate of drug-likeness (QED) is 0.562. The molecule has 0 amide bonds. The van der Waals surface area contributed by atoms with Crippen molar-refractivity contribution < 1.29 is 9.94 Å². The van der Waals surface area contributed by atoms with Crippen molar-refractivity contribution in [2.45, 2.75) is 24.9 Å². The molecule has 15 heavy (non-hydrogen) atoms. The Labute approximate surface area is 88.4 Å². The van der Waals surface area contributed by atoms with Gasteiger partial charge in [0.15, 0.2) is 0 Å². The van der Waals surface area contributed by atoms with E-state index in [1.165, 1.54) is 5.56 Å². The van der Waals surface area contributed by atoms with Crippen molar-refractivity contribution >= 4 is 5.90 Å². The molecule has 0 radical (unpaired) electrons. The van der Waals surface area contributed by atoms with Crippen LogP contribution in [0.15, 0.2) is 35.5 Å². The van der Waals surface area contributed by atoms with Crippen molar-refractivity contribution in [3.63, 3.8) is 0 Å². The van der Waals surface area contributed by atoms with E-state index in [1.807, 2.05) is 18.2 Å². The number of rotatable bonds is 1. The van der Waals surface area contributed by atoms with Crippen molar-refractivity contribution in [1.29, 1.82) is 0 Å². The Kier molecular flexibility index (Phi) is 1.75. The van der Waals surface area contributed by atoms with Gasteiger partial charge in [0.1, 0.15) is 5.60 Å². The molecule has 1 saturated carbocycles. The van der Waals surface area contributed by atoms with Crippen LogP contribution in [0.4, 0.5) is 0 Å². The first-order valence-corrected chi connectivity index (χ1v) is 5.30. The normalized spacial score (nSPS) is 35.7. The van der Waals surface area contributed by atoms with Crippen molar-refractivity contribution in [1.82, 2.24) is 0 Å². The Morgan fingerprint density at radius 1 is 1.33 bits per heavy atom. The van der Waals surface area contributed by atoms with E-state index in [1.54, 1.807) is 0 Å². The number of fused-ring (bicyclic) bond motifs is 1. The molecule has 1 aromatic carbocycles. The van der Waals surface area contributed by atoms with Gasteiger partial charge in [-0.25, -0.2) is 0 Å². The lowest BCUT2D eigenvalue weighted by molar-refractivity contribution is 0.110. The molecule has 2 fully saturated rings. The highest BCUT2D eigenvalue weighted by atomic mass is 16.6. The molecule has 3 rings (SSSR count). The predicted octanol–water partition coefficient (Wildman–Crippen LogP) is 2.50. The van der Waals surface area contributed by atoms with Crippen LogP contribution in [0.1, 0.15) is 24.8 Å². The Morgan fingerprint density at radius 2 is 2.13 bits per heavy atom. The highest BCUT2D eigenvalue weighted by Gasteiger charge is 2.60. The maximum Gasteiger partial charge on any atom is 0.226 e. The summed E-state index contributed by atoms with van der Waals surface area (Å²) in [5.74, 6) is 1.08. The molecule has 1 aliphatic heterocycles. The Morgan fingerprint density at radius 3 is 2.87 bits per heavy atom. The minimum Gasteiger partial charge on any atom is -0.467 e. The van der Waals surface area contributed by atoms with E-state index in [9.17, 15) is 0 Å². The van der Waals surface area contributed by atoms with Crippen LogP contribution in [0.5, 0.6) is 0 Å². The molecule has 2 atom stereocenters. The summed E-state index contributed by atoms with van der Waals surface area (Å²) in [5, 5.41) is 11.9. The maximum atomic E-state index is 8.75. The lowest BCUT2D eigenvalue weighted by Crippen LogP contribution is -2.24. The van der Waals surface area contributed by atoms with Crippen molar-refractivity contribution in [2.75, 3.05) is 0 Å². The molecule has 2 aliphatic rings. The number of hydrogen-bond donors (Lipinski definition) is 1. The molecular formula is C12H13NO2. The molecule has 1 N–H and O–H groups in total. The summed E-state index contributed by atoms with van der Waals surface area (Å²) >= 11 is 0. The van der Waals surface area contributed by atoms with E-state index in [0.717, 1.165) is 19.3 Å². The van der Waals surface area contributed by atoms with Crippen LogP contribution in [-0.2, 0) is 10.3 Å². The van der Waals surface area contributed by atoms with Gasteiger partial charge < -0.3 is 9.94 Å². The second-order valence-electron chi connectivity index (χ2n) is 4.29. The zero-order chi connectivity index (χ0) is 10.3. The summed E-state index contributed by atoms with van der Waals surface area (Å²) < 4.78 is 5.78. The third kappa shape index (κ3) is 1.23. The third-order valence-electron chi connectivity index (χ3n) is 3.43. The topological polar surface area (TPSA) is 41.8 Å². The van der Waals surface area contributed by atoms with Gasteiger partial charge in [-0.15, -0.1) is 0 Å². The van der Waals surface area contributed by atoms with Crippen LogP contribution in [0.25, 0.3) is 0 Å². The van der Waals surface area contributed by atoms with Gasteiger partial charge in [-0.05, 0) is 18.4 Å². The van der Waals surface area contributed by atoms with Gasteiger partial charge in [-0.1, -0.05) is 35.5 Å². The standard InChI is InChI=1S/C12H13NO2/c14-13-11-7-6-10-8-12(10,15-11)9-4-2-1-3-5-9/h1-5,10,14H,6-8H2/b13-11-. The summed E-state index contributed by atoms with van der Waals surface area (Å²) in [5.41, 5.74) is 1.03. The third-order valence-corrected chi connectivity index (χ3v) is 3.43. The predicted molar refractivity (Wildman–Crippen MR) is 55.8 cm³/mol. The minimum atomic E-state index is -0.179. The Bertz CT molecular complexity index is 401. The second kappa shape index (κ2) is 2.99. The zero-order valence-electron chi connectivity index (χ0n) is 8.39. The first-order chi connectivity index (χ1) is 7.35. The molecule has 1 heterocycles. The molecule has 1 saturated heterocycles. The molecule has 0 bridgehead atoms. The summed E-state index contributed by atoms with van der Waals surface area (Å²) in [6.07, 6.45) is 2.88. The molecule has 0 aromatic heterocycles. The minimum absolute atomic E-state index is 0.179. The molecule has 1 aliphatic carbocycles. The highest BCUT2D eigenvalue weighted by molar-refractivity contribution is 5.77. The van der Waals surface area contributed by atoms with E-state index >= 15 is 0 Å². The number of benzene rings is 1. The second-order valence-corrected chi connectivity index (χ2v) is 4.29. The van der Waals surface area contributed by atoms with Crippen LogP contribution < -0.4 is 0 Å². The van der Waals surface area contributed by atoms with Gasteiger partial charge in [0.2, 0.25) is 5.90 Å².